The molecule has 0 aliphatic heterocycles. The van der Waals surface area contributed by atoms with Crippen molar-refractivity contribution < 1.29 is 0 Å². The van der Waals surface area contributed by atoms with E-state index in [1.807, 2.05) is 19.5 Å². The summed E-state index contributed by atoms with van der Waals surface area (Å²) in [5.41, 5.74) is 0.731. The van der Waals surface area contributed by atoms with Gasteiger partial charge in [0, 0.05) is 7.05 Å². The molecule has 1 aromatic rings. The van der Waals surface area contributed by atoms with E-state index in [2.05, 4.69) is 15.4 Å². The highest BCUT2D eigenvalue weighted by atomic mass is 32.2. The summed E-state index contributed by atoms with van der Waals surface area (Å²) < 4.78 is 1.66. The quantitative estimate of drug-likeness (QED) is 0.312. The van der Waals surface area contributed by atoms with E-state index in [1.165, 1.54) is 11.8 Å². The van der Waals surface area contributed by atoms with Gasteiger partial charge in [0.2, 0.25) is 0 Å². The lowest BCUT2D eigenvalue weighted by molar-refractivity contribution is 0.768. The summed E-state index contributed by atoms with van der Waals surface area (Å²) in [5.74, 6) is 0. The topological polar surface area (TPSA) is 66.0 Å². The number of hydrogen-bond donors (Lipinski definition) is 1. The van der Waals surface area contributed by atoms with Crippen LogP contribution >= 0.6 is 11.8 Å². The number of aryl methyl sites for hydroxylation is 1. The van der Waals surface area contributed by atoms with Crippen molar-refractivity contribution in [1.29, 1.82) is 5.26 Å². The van der Waals surface area contributed by atoms with Crippen molar-refractivity contribution in [2.75, 3.05) is 6.26 Å². The fourth-order valence-electron chi connectivity index (χ4n) is 0.756. The Hall–Kier alpha value is -1.48. The lowest BCUT2D eigenvalue weighted by Gasteiger charge is -1.95. The van der Waals surface area contributed by atoms with Gasteiger partial charge < -0.3 is 0 Å². The van der Waals surface area contributed by atoms with Gasteiger partial charge in [-0.3, -0.25) is 10.00 Å². The fourth-order valence-corrected chi connectivity index (χ4v) is 1.10. The molecule has 0 saturated heterocycles. The SMILES string of the molecule is CSC(=Nc1cnn(C)c1)NC#N. The number of hydrogen-bond acceptors (Lipinski definition) is 4. The minimum Gasteiger partial charge on any atom is -0.274 e. The van der Waals surface area contributed by atoms with E-state index >= 15 is 0 Å². The smallest absolute Gasteiger partial charge is 0.183 e. The Balaban J connectivity index is 2.79. The van der Waals surface area contributed by atoms with Gasteiger partial charge in [-0.1, -0.05) is 11.8 Å². The van der Waals surface area contributed by atoms with Gasteiger partial charge in [-0.15, -0.1) is 0 Å². The van der Waals surface area contributed by atoms with Gasteiger partial charge in [0.05, 0.1) is 12.4 Å². The molecule has 1 heterocycles. The van der Waals surface area contributed by atoms with Gasteiger partial charge in [0.1, 0.15) is 5.69 Å². The molecule has 1 rings (SSSR count). The molecule has 68 valence electrons. The molecule has 1 N–H and O–H groups in total. The van der Waals surface area contributed by atoms with Crippen LogP contribution in [0.4, 0.5) is 5.69 Å². The van der Waals surface area contributed by atoms with E-state index in [9.17, 15) is 0 Å². The van der Waals surface area contributed by atoms with Crippen molar-refractivity contribution in [3.05, 3.63) is 12.4 Å². The monoisotopic (exact) mass is 195 g/mol. The zero-order valence-corrected chi connectivity index (χ0v) is 8.17. The van der Waals surface area contributed by atoms with Crippen LogP contribution in [-0.4, -0.2) is 21.2 Å². The summed E-state index contributed by atoms with van der Waals surface area (Å²) in [4.78, 5) is 4.15. The summed E-state index contributed by atoms with van der Waals surface area (Å²) in [7, 11) is 1.81. The van der Waals surface area contributed by atoms with Crippen LogP contribution in [0.3, 0.4) is 0 Å². The summed E-state index contributed by atoms with van der Waals surface area (Å²) in [6.07, 6.45) is 7.07. The molecule has 6 heteroatoms. The number of thioether (sulfide) groups is 1. The molecule has 5 nitrogen and oxygen atoms in total. The van der Waals surface area contributed by atoms with Crippen LogP contribution in [-0.2, 0) is 7.05 Å². The molecule has 1 aromatic heterocycles. The largest absolute Gasteiger partial charge is 0.274 e. The molecular weight excluding hydrogens is 186 g/mol. The van der Waals surface area contributed by atoms with Crippen LogP contribution in [0.25, 0.3) is 0 Å². The van der Waals surface area contributed by atoms with Gasteiger partial charge in [-0.25, -0.2) is 4.99 Å². The average molecular weight is 195 g/mol. The summed E-state index contributed by atoms with van der Waals surface area (Å²) in [5, 5.41) is 15.4. The number of nitriles is 1. The molecule has 0 bridgehead atoms. The van der Waals surface area contributed by atoms with Crippen LogP contribution in [0.2, 0.25) is 0 Å². The van der Waals surface area contributed by atoms with Crippen LogP contribution in [0.15, 0.2) is 17.4 Å². The molecule has 0 atom stereocenters. The van der Waals surface area contributed by atoms with Gasteiger partial charge in [-0.2, -0.15) is 10.4 Å². The van der Waals surface area contributed by atoms with E-state index in [1.54, 1.807) is 17.1 Å². The highest BCUT2D eigenvalue weighted by molar-refractivity contribution is 8.13. The molecule has 0 aliphatic carbocycles. The van der Waals surface area contributed by atoms with E-state index < -0.39 is 0 Å². The maximum absolute atomic E-state index is 8.37. The number of aromatic nitrogens is 2. The number of aliphatic imine (C=N–C) groups is 1. The molecule has 0 spiro atoms. The van der Waals surface area contributed by atoms with Crippen molar-refractivity contribution >= 4 is 22.6 Å². The first-order chi connectivity index (χ1) is 6.26. The highest BCUT2D eigenvalue weighted by Crippen LogP contribution is 2.10. The number of amidine groups is 1. The van der Waals surface area contributed by atoms with Gasteiger partial charge in [-0.05, 0) is 6.26 Å². The Morgan fingerprint density at radius 2 is 2.62 bits per heavy atom. The van der Waals surface area contributed by atoms with E-state index in [0.29, 0.717) is 5.17 Å². The van der Waals surface area contributed by atoms with Crippen LogP contribution in [0, 0.1) is 11.5 Å². The highest BCUT2D eigenvalue weighted by Gasteiger charge is 1.97. The molecule has 0 aromatic carbocycles. The van der Waals surface area contributed by atoms with Crippen LogP contribution in [0.1, 0.15) is 0 Å². The molecule has 0 saturated carbocycles. The first kappa shape index (κ1) is 9.61. The second-order valence-electron chi connectivity index (χ2n) is 2.23. The Kier molecular flexibility index (Phi) is 3.34. The van der Waals surface area contributed by atoms with Gasteiger partial charge in [0.15, 0.2) is 11.4 Å². The summed E-state index contributed by atoms with van der Waals surface area (Å²) >= 11 is 1.38. The number of rotatable bonds is 1. The minimum absolute atomic E-state index is 0.565. The Morgan fingerprint density at radius 3 is 3.08 bits per heavy atom. The molecule has 0 aliphatic rings. The Morgan fingerprint density at radius 1 is 1.85 bits per heavy atom. The van der Waals surface area contributed by atoms with E-state index in [0.717, 1.165) is 5.69 Å². The lowest BCUT2D eigenvalue weighted by atomic mass is 10.6. The van der Waals surface area contributed by atoms with Crippen molar-refractivity contribution in [2.24, 2.45) is 12.0 Å². The summed E-state index contributed by atoms with van der Waals surface area (Å²) in [6.45, 7) is 0. The third-order valence-corrected chi connectivity index (χ3v) is 1.86. The molecule has 0 amide bonds. The van der Waals surface area contributed by atoms with E-state index in [4.69, 9.17) is 5.26 Å². The third-order valence-electron chi connectivity index (χ3n) is 1.28. The normalized spacial score (nSPS) is 11.0. The predicted octanol–water partition coefficient (Wildman–Crippen LogP) is 0.841. The minimum atomic E-state index is 0.565. The molecule has 0 radical (unpaired) electrons. The maximum atomic E-state index is 8.37. The maximum Gasteiger partial charge on any atom is 0.183 e. The first-order valence-electron chi connectivity index (χ1n) is 3.52. The van der Waals surface area contributed by atoms with Crippen molar-refractivity contribution in [3.8, 4) is 6.19 Å². The molecule has 0 unspecified atom stereocenters. The molecule has 0 fully saturated rings. The Bertz CT molecular complexity index is 348. The van der Waals surface area contributed by atoms with Crippen LogP contribution in [0.5, 0.6) is 0 Å². The summed E-state index contributed by atoms with van der Waals surface area (Å²) in [6, 6.07) is 0. The first-order valence-corrected chi connectivity index (χ1v) is 4.75. The van der Waals surface area contributed by atoms with Crippen molar-refractivity contribution in [3.63, 3.8) is 0 Å². The molecular formula is C7H9N5S. The van der Waals surface area contributed by atoms with Crippen molar-refractivity contribution in [2.45, 2.75) is 0 Å². The Labute approximate surface area is 80.5 Å². The fraction of sp³-hybridized carbons (Fsp3) is 0.286. The third kappa shape index (κ3) is 2.80. The molecule has 13 heavy (non-hydrogen) atoms. The average Bonchev–Trinajstić information content (AvgIpc) is 2.50. The van der Waals surface area contributed by atoms with Crippen LogP contribution < -0.4 is 5.32 Å². The lowest BCUT2D eigenvalue weighted by Crippen LogP contribution is -2.12. The standard InChI is InChI=1S/C7H9N5S/c1-12-4-6(3-10-12)11-7(13-2)9-5-8/h3-4H,1-2H3,(H,9,11). The zero-order valence-electron chi connectivity index (χ0n) is 7.35. The number of nitrogens with one attached hydrogen (secondary N) is 1. The van der Waals surface area contributed by atoms with Gasteiger partial charge >= 0.3 is 0 Å². The predicted molar refractivity (Wildman–Crippen MR) is 52.6 cm³/mol. The number of nitrogens with zero attached hydrogens (tertiary/aromatic N) is 4. The zero-order chi connectivity index (χ0) is 9.68. The van der Waals surface area contributed by atoms with E-state index in [-0.39, 0.29) is 0 Å². The second-order valence-corrected chi connectivity index (χ2v) is 3.03. The van der Waals surface area contributed by atoms with Crippen molar-refractivity contribution in [1.82, 2.24) is 15.1 Å². The van der Waals surface area contributed by atoms with Gasteiger partial charge in [0.25, 0.3) is 0 Å². The second kappa shape index (κ2) is 4.52.